The molecule has 0 aromatic carbocycles. The summed E-state index contributed by atoms with van der Waals surface area (Å²) in [6, 6.07) is 0. The molecule has 0 bridgehead atoms. The van der Waals surface area contributed by atoms with Crippen LogP contribution in [0.2, 0.25) is 0 Å². The molecule has 8 nitrogen and oxygen atoms in total. The summed E-state index contributed by atoms with van der Waals surface area (Å²) in [5.41, 5.74) is 0.412. The first-order chi connectivity index (χ1) is 8.93. The van der Waals surface area contributed by atoms with E-state index in [2.05, 4.69) is 10.4 Å². The van der Waals surface area contributed by atoms with Crippen LogP contribution in [0.5, 0.6) is 0 Å². The van der Waals surface area contributed by atoms with E-state index in [1.165, 1.54) is 4.68 Å². The van der Waals surface area contributed by atoms with E-state index in [-0.39, 0.29) is 5.69 Å². The number of aryl methyl sites for hydroxylation is 2. The summed E-state index contributed by atoms with van der Waals surface area (Å²) in [6.45, 7) is 5.16. The quantitative estimate of drug-likeness (QED) is 0.638. The fraction of sp³-hybridized carbons (Fsp3) is 0.727. The second-order valence-electron chi connectivity index (χ2n) is 4.67. The lowest BCUT2D eigenvalue weighted by atomic mass is 10.2. The van der Waals surface area contributed by atoms with Crippen molar-refractivity contribution in [3.05, 3.63) is 15.8 Å². The Morgan fingerprint density at radius 3 is 2.74 bits per heavy atom. The second-order valence-corrected chi connectivity index (χ2v) is 4.67. The molecule has 0 atom stereocenters. The molecule has 0 unspecified atom stereocenters. The molecule has 1 aliphatic heterocycles. The first kappa shape index (κ1) is 13.8. The molecule has 1 saturated heterocycles. The highest BCUT2D eigenvalue weighted by atomic mass is 16.7. The van der Waals surface area contributed by atoms with Gasteiger partial charge in [0.2, 0.25) is 5.82 Å². The molecular formula is C11H18N4O4. The Morgan fingerprint density at radius 1 is 1.53 bits per heavy atom. The first-order valence-electron chi connectivity index (χ1n) is 6.13. The number of ether oxygens (including phenoxy) is 2. The lowest BCUT2D eigenvalue weighted by Crippen LogP contribution is -2.28. The Bertz CT molecular complexity index is 479. The maximum Gasteiger partial charge on any atom is 0.333 e. The summed E-state index contributed by atoms with van der Waals surface area (Å²) < 4.78 is 12.4. The number of nitro groups is 1. The van der Waals surface area contributed by atoms with Gasteiger partial charge in [-0.15, -0.1) is 0 Å². The van der Waals surface area contributed by atoms with Crippen molar-refractivity contribution in [3.8, 4) is 0 Å². The van der Waals surface area contributed by atoms with Crippen LogP contribution in [-0.4, -0.2) is 40.2 Å². The molecule has 8 heteroatoms. The molecule has 0 saturated carbocycles. The van der Waals surface area contributed by atoms with Crippen molar-refractivity contribution in [2.75, 3.05) is 25.1 Å². The Kier molecular flexibility index (Phi) is 3.72. The lowest BCUT2D eigenvalue weighted by Gasteiger charge is -2.22. The first-order valence-corrected chi connectivity index (χ1v) is 6.13. The van der Waals surface area contributed by atoms with Gasteiger partial charge in [0, 0.05) is 20.0 Å². The second kappa shape index (κ2) is 5.14. The van der Waals surface area contributed by atoms with E-state index in [9.17, 15) is 10.1 Å². The van der Waals surface area contributed by atoms with E-state index in [1.807, 2.05) is 6.92 Å². The van der Waals surface area contributed by atoms with Gasteiger partial charge in [0.05, 0.1) is 18.1 Å². The van der Waals surface area contributed by atoms with Crippen LogP contribution >= 0.6 is 0 Å². The van der Waals surface area contributed by atoms with E-state index < -0.39 is 10.7 Å². The van der Waals surface area contributed by atoms with E-state index in [0.29, 0.717) is 37.7 Å². The summed E-state index contributed by atoms with van der Waals surface area (Å²) in [5.74, 6) is -0.195. The van der Waals surface area contributed by atoms with Gasteiger partial charge in [-0.25, -0.2) is 4.68 Å². The van der Waals surface area contributed by atoms with Gasteiger partial charge >= 0.3 is 5.69 Å². The highest BCUT2D eigenvalue weighted by Gasteiger charge is 2.31. The third-order valence-corrected chi connectivity index (χ3v) is 3.14. The number of rotatable bonds is 5. The minimum absolute atomic E-state index is 0.0147. The fourth-order valence-electron chi connectivity index (χ4n) is 2.17. The topological polar surface area (TPSA) is 91.5 Å². The third kappa shape index (κ3) is 2.85. The molecule has 1 fully saturated rings. The molecule has 19 heavy (non-hydrogen) atoms. The van der Waals surface area contributed by atoms with Crippen molar-refractivity contribution in [1.82, 2.24) is 9.78 Å². The van der Waals surface area contributed by atoms with Crippen LogP contribution in [-0.2, 0) is 16.5 Å². The van der Waals surface area contributed by atoms with Crippen LogP contribution in [0.1, 0.15) is 19.0 Å². The molecule has 1 aromatic rings. The summed E-state index contributed by atoms with van der Waals surface area (Å²) in [4.78, 5) is 10.6. The summed E-state index contributed by atoms with van der Waals surface area (Å²) in [6.07, 6.45) is 0.606. The highest BCUT2D eigenvalue weighted by Crippen LogP contribution is 2.28. The van der Waals surface area contributed by atoms with E-state index >= 15 is 0 Å². The zero-order valence-corrected chi connectivity index (χ0v) is 11.3. The van der Waals surface area contributed by atoms with Crippen LogP contribution in [0.15, 0.2) is 0 Å². The molecule has 0 radical (unpaired) electrons. The third-order valence-electron chi connectivity index (χ3n) is 3.14. The molecule has 1 N–H and O–H groups in total. The Morgan fingerprint density at radius 2 is 2.16 bits per heavy atom. The zero-order valence-electron chi connectivity index (χ0n) is 11.3. The summed E-state index contributed by atoms with van der Waals surface area (Å²) in [5, 5.41) is 18.1. The SMILES string of the molecule is Cc1nn(C)c(NCCC2(C)OCCO2)c1[N+](=O)[O-]. The van der Waals surface area contributed by atoms with Crippen LogP contribution < -0.4 is 5.32 Å². The van der Waals surface area contributed by atoms with Crippen LogP contribution in [0, 0.1) is 17.0 Å². The monoisotopic (exact) mass is 270 g/mol. The van der Waals surface area contributed by atoms with Gasteiger partial charge in [-0.05, 0) is 13.8 Å². The number of nitrogens with zero attached hydrogens (tertiary/aromatic N) is 3. The van der Waals surface area contributed by atoms with Gasteiger partial charge < -0.3 is 14.8 Å². The molecule has 2 heterocycles. The highest BCUT2D eigenvalue weighted by molar-refractivity contribution is 5.59. The number of hydrogen-bond donors (Lipinski definition) is 1. The molecule has 0 amide bonds. The molecule has 2 rings (SSSR count). The van der Waals surface area contributed by atoms with E-state index in [0.717, 1.165) is 0 Å². The minimum atomic E-state index is -0.602. The minimum Gasteiger partial charge on any atom is -0.364 e. The molecule has 1 aliphatic rings. The van der Waals surface area contributed by atoms with Gasteiger partial charge in [-0.1, -0.05) is 0 Å². The molecule has 0 spiro atoms. The van der Waals surface area contributed by atoms with Crippen molar-refractivity contribution >= 4 is 11.5 Å². The fourth-order valence-corrected chi connectivity index (χ4v) is 2.17. The number of nitrogens with one attached hydrogen (secondary N) is 1. The van der Waals surface area contributed by atoms with Gasteiger partial charge in [0.1, 0.15) is 5.69 Å². The normalized spacial score (nSPS) is 17.6. The predicted molar refractivity (Wildman–Crippen MR) is 68.0 cm³/mol. The Labute approximate surface area is 110 Å². The van der Waals surface area contributed by atoms with Gasteiger partial charge in [-0.3, -0.25) is 10.1 Å². The Hall–Kier alpha value is -1.67. The van der Waals surface area contributed by atoms with Gasteiger partial charge in [0.15, 0.2) is 5.79 Å². The molecular weight excluding hydrogens is 252 g/mol. The van der Waals surface area contributed by atoms with E-state index in [4.69, 9.17) is 9.47 Å². The van der Waals surface area contributed by atoms with Crippen LogP contribution in [0.25, 0.3) is 0 Å². The van der Waals surface area contributed by atoms with Crippen molar-refractivity contribution in [2.45, 2.75) is 26.1 Å². The molecule has 0 aliphatic carbocycles. The lowest BCUT2D eigenvalue weighted by molar-refractivity contribution is -0.384. The smallest absolute Gasteiger partial charge is 0.333 e. The zero-order chi connectivity index (χ0) is 14.0. The van der Waals surface area contributed by atoms with Gasteiger partial charge in [-0.2, -0.15) is 5.10 Å². The predicted octanol–water partition coefficient (Wildman–Crippen LogP) is 1.20. The van der Waals surface area contributed by atoms with E-state index in [1.54, 1.807) is 14.0 Å². The standard InChI is InChI=1S/C11H18N4O4/c1-8-9(15(16)17)10(14(3)13-8)12-5-4-11(2)18-6-7-19-11/h12H,4-7H2,1-3H3. The van der Waals surface area contributed by atoms with Crippen molar-refractivity contribution < 1.29 is 14.4 Å². The van der Waals surface area contributed by atoms with Gasteiger partial charge in [0.25, 0.3) is 0 Å². The Balaban J connectivity index is 2.01. The van der Waals surface area contributed by atoms with Crippen molar-refractivity contribution in [3.63, 3.8) is 0 Å². The van der Waals surface area contributed by atoms with Crippen molar-refractivity contribution in [2.24, 2.45) is 7.05 Å². The summed E-state index contributed by atoms with van der Waals surface area (Å²) >= 11 is 0. The summed E-state index contributed by atoms with van der Waals surface area (Å²) in [7, 11) is 1.67. The largest absolute Gasteiger partial charge is 0.364 e. The van der Waals surface area contributed by atoms with Crippen molar-refractivity contribution in [1.29, 1.82) is 0 Å². The average Bonchev–Trinajstić information content (AvgIpc) is 2.84. The number of anilines is 1. The number of aromatic nitrogens is 2. The number of hydrogen-bond acceptors (Lipinski definition) is 6. The molecule has 106 valence electrons. The maximum atomic E-state index is 11.0. The molecule has 1 aromatic heterocycles. The maximum absolute atomic E-state index is 11.0. The van der Waals surface area contributed by atoms with Crippen LogP contribution in [0.4, 0.5) is 11.5 Å². The average molecular weight is 270 g/mol. The van der Waals surface area contributed by atoms with Crippen LogP contribution in [0.3, 0.4) is 0 Å².